The second-order valence-corrected chi connectivity index (χ2v) is 5.55. The van der Waals surface area contributed by atoms with Crippen LogP contribution in [-0.4, -0.2) is 20.6 Å². The van der Waals surface area contributed by atoms with Crippen LogP contribution in [0.25, 0.3) is 0 Å². The molecular formula is C9H10FO2S. The summed E-state index contributed by atoms with van der Waals surface area (Å²) in [5.41, 5.74) is 0.574. The molecule has 2 rings (SSSR count). The number of hydrogen-bond donors (Lipinski definition) is 2. The van der Waals surface area contributed by atoms with Crippen molar-refractivity contribution in [2.75, 3.05) is 11.5 Å². The molecule has 13 heavy (non-hydrogen) atoms. The van der Waals surface area contributed by atoms with E-state index in [4.69, 9.17) is 9.11 Å². The predicted molar refractivity (Wildman–Crippen MR) is 50.6 cm³/mol. The van der Waals surface area contributed by atoms with Crippen LogP contribution in [0.15, 0.2) is 18.2 Å². The first-order valence-electron chi connectivity index (χ1n) is 3.97. The Morgan fingerprint density at radius 3 is 2.69 bits per heavy atom. The minimum atomic E-state index is -2.37. The lowest BCUT2D eigenvalue weighted by atomic mass is 10.0. The molecule has 0 aromatic heterocycles. The largest absolute Gasteiger partial charge is 0.299 e. The maximum atomic E-state index is 13.1. The lowest BCUT2D eigenvalue weighted by Crippen LogP contribution is -2.31. The average molecular weight is 201 g/mol. The van der Waals surface area contributed by atoms with Gasteiger partial charge >= 0.3 is 0 Å². The fourth-order valence-electron chi connectivity index (χ4n) is 1.53. The van der Waals surface area contributed by atoms with Gasteiger partial charge in [-0.15, -0.1) is 0 Å². The molecule has 1 saturated heterocycles. The monoisotopic (exact) mass is 201 g/mol. The summed E-state index contributed by atoms with van der Waals surface area (Å²) in [5.74, 6) is 0.268. The van der Waals surface area contributed by atoms with Crippen molar-refractivity contribution in [1.82, 2.24) is 0 Å². The highest BCUT2D eigenvalue weighted by Gasteiger charge is 2.35. The Labute approximate surface area is 77.8 Å². The van der Waals surface area contributed by atoms with E-state index < -0.39 is 10.6 Å². The van der Waals surface area contributed by atoms with Gasteiger partial charge in [0.2, 0.25) is 0 Å². The highest BCUT2D eigenvalue weighted by molar-refractivity contribution is 8.25. The molecule has 1 aromatic carbocycles. The van der Waals surface area contributed by atoms with E-state index in [1.54, 1.807) is 12.1 Å². The quantitative estimate of drug-likeness (QED) is 0.732. The Balaban J connectivity index is 2.16. The van der Waals surface area contributed by atoms with Gasteiger partial charge in [-0.2, -0.15) is 10.6 Å². The summed E-state index contributed by atoms with van der Waals surface area (Å²) < 4.78 is 31.4. The van der Waals surface area contributed by atoms with E-state index in [9.17, 15) is 4.39 Å². The third-order valence-electron chi connectivity index (χ3n) is 2.22. The summed E-state index contributed by atoms with van der Waals surface area (Å²) in [7, 11) is -2.37. The van der Waals surface area contributed by atoms with Crippen molar-refractivity contribution in [2.45, 2.75) is 5.92 Å². The van der Waals surface area contributed by atoms with Crippen molar-refractivity contribution in [3.05, 3.63) is 35.6 Å². The molecule has 0 bridgehead atoms. The molecule has 1 radical (unpaired) electrons. The van der Waals surface area contributed by atoms with Crippen molar-refractivity contribution >= 4 is 10.6 Å². The van der Waals surface area contributed by atoms with Crippen molar-refractivity contribution in [3.8, 4) is 0 Å². The average Bonchev–Trinajstić information content (AvgIpc) is 2.01. The van der Waals surface area contributed by atoms with E-state index in [1.165, 1.54) is 6.07 Å². The maximum Gasteiger partial charge on any atom is 0.127 e. The number of rotatable bonds is 1. The second-order valence-electron chi connectivity index (χ2n) is 3.28. The molecule has 71 valence electrons. The maximum absolute atomic E-state index is 13.1. The summed E-state index contributed by atoms with van der Waals surface area (Å²) in [5, 5.41) is 0. The number of hydrogen-bond acceptors (Lipinski definition) is 2. The van der Waals surface area contributed by atoms with Gasteiger partial charge in [-0.05, 0) is 17.7 Å². The van der Waals surface area contributed by atoms with E-state index in [0.717, 1.165) is 0 Å². The molecule has 1 aliphatic heterocycles. The number of halogens is 1. The highest BCUT2D eigenvalue weighted by Crippen LogP contribution is 2.56. The van der Waals surface area contributed by atoms with E-state index >= 15 is 0 Å². The number of benzene rings is 1. The summed E-state index contributed by atoms with van der Waals surface area (Å²) in [6.45, 7) is 0. The van der Waals surface area contributed by atoms with Gasteiger partial charge in [0, 0.05) is 17.4 Å². The van der Waals surface area contributed by atoms with Crippen LogP contribution in [0.4, 0.5) is 4.39 Å². The minimum Gasteiger partial charge on any atom is -0.299 e. The molecule has 0 unspecified atom stereocenters. The Hall–Kier alpha value is -0.580. The normalized spacial score (nSPS) is 23.6. The first-order chi connectivity index (χ1) is 6.08. The van der Waals surface area contributed by atoms with Gasteiger partial charge < -0.3 is 0 Å². The molecule has 4 heteroatoms. The molecule has 0 amide bonds. The molecule has 0 spiro atoms. The fraction of sp³-hybridized carbons (Fsp3) is 0.333. The lowest BCUT2D eigenvalue weighted by molar-refractivity contribution is 0.451. The molecule has 2 N–H and O–H groups in total. The van der Waals surface area contributed by atoms with Crippen molar-refractivity contribution < 1.29 is 13.5 Å². The molecule has 0 aliphatic carbocycles. The van der Waals surface area contributed by atoms with Crippen LogP contribution in [0.2, 0.25) is 0 Å². The van der Waals surface area contributed by atoms with Gasteiger partial charge in [-0.1, -0.05) is 12.1 Å². The van der Waals surface area contributed by atoms with Gasteiger partial charge in [0.25, 0.3) is 0 Å². The van der Waals surface area contributed by atoms with Crippen molar-refractivity contribution in [1.29, 1.82) is 0 Å². The SMILES string of the molecule is OS1(O)CC(c2cc[c]cc2F)C1. The van der Waals surface area contributed by atoms with Crippen LogP contribution in [-0.2, 0) is 0 Å². The molecule has 1 aliphatic rings. The smallest absolute Gasteiger partial charge is 0.127 e. The van der Waals surface area contributed by atoms with Crippen LogP contribution in [0.3, 0.4) is 0 Å². The standard InChI is InChI=1S/C9H10FO2S/c10-9-4-2-1-3-8(9)7-5-13(11,12)6-7/h1,3-4,7,11-12H,5-6H2. The van der Waals surface area contributed by atoms with Gasteiger partial charge in [0.05, 0.1) is 0 Å². The first-order valence-corrected chi connectivity index (χ1v) is 5.86. The fourth-order valence-corrected chi connectivity index (χ4v) is 3.08. The Morgan fingerprint density at radius 1 is 1.46 bits per heavy atom. The first kappa shape index (κ1) is 8.99. The van der Waals surface area contributed by atoms with Crippen molar-refractivity contribution in [2.24, 2.45) is 0 Å². The van der Waals surface area contributed by atoms with E-state index in [1.807, 2.05) is 0 Å². The zero-order valence-corrected chi connectivity index (χ0v) is 7.72. The summed E-state index contributed by atoms with van der Waals surface area (Å²) in [6, 6.07) is 7.20. The Kier molecular flexibility index (Phi) is 2.06. The van der Waals surface area contributed by atoms with Crippen molar-refractivity contribution in [3.63, 3.8) is 0 Å². The zero-order valence-electron chi connectivity index (χ0n) is 6.90. The topological polar surface area (TPSA) is 40.5 Å². The summed E-state index contributed by atoms with van der Waals surface area (Å²) in [4.78, 5) is 0. The van der Waals surface area contributed by atoms with Crippen LogP contribution in [0.5, 0.6) is 0 Å². The van der Waals surface area contributed by atoms with E-state index in [0.29, 0.717) is 17.1 Å². The molecule has 1 heterocycles. The van der Waals surface area contributed by atoms with Gasteiger partial charge in [-0.3, -0.25) is 9.11 Å². The summed E-state index contributed by atoms with van der Waals surface area (Å²) in [6.07, 6.45) is 0. The molecule has 0 atom stereocenters. The molecule has 2 nitrogen and oxygen atoms in total. The van der Waals surface area contributed by atoms with Gasteiger partial charge in [-0.25, -0.2) is 4.39 Å². The van der Waals surface area contributed by atoms with Gasteiger partial charge in [0.15, 0.2) is 0 Å². The van der Waals surface area contributed by atoms with Gasteiger partial charge in [0.1, 0.15) is 5.82 Å². The molecule has 0 saturated carbocycles. The zero-order chi connectivity index (χ0) is 9.47. The Morgan fingerprint density at radius 2 is 2.15 bits per heavy atom. The molecular weight excluding hydrogens is 191 g/mol. The molecule has 1 aromatic rings. The second kappa shape index (κ2) is 2.97. The van der Waals surface area contributed by atoms with Crippen LogP contribution in [0, 0.1) is 11.9 Å². The van der Waals surface area contributed by atoms with E-state index in [2.05, 4.69) is 6.07 Å². The third kappa shape index (κ3) is 1.70. The lowest BCUT2D eigenvalue weighted by Gasteiger charge is -2.47. The third-order valence-corrected chi connectivity index (χ3v) is 4.09. The minimum absolute atomic E-state index is 0.0281. The van der Waals surface area contributed by atoms with E-state index in [-0.39, 0.29) is 11.7 Å². The highest BCUT2D eigenvalue weighted by atomic mass is 32.3. The van der Waals surface area contributed by atoms with Crippen LogP contribution < -0.4 is 0 Å². The van der Waals surface area contributed by atoms with Crippen LogP contribution >= 0.6 is 10.6 Å². The van der Waals surface area contributed by atoms with Crippen LogP contribution in [0.1, 0.15) is 11.5 Å². The summed E-state index contributed by atoms with van der Waals surface area (Å²) >= 11 is 0. The molecule has 1 fully saturated rings. The Bertz CT molecular complexity index is 319. The predicted octanol–water partition coefficient (Wildman–Crippen LogP) is 2.47.